The van der Waals surface area contributed by atoms with Gasteiger partial charge < -0.3 is 5.73 Å². The zero-order chi connectivity index (χ0) is 14.0. The summed E-state index contributed by atoms with van der Waals surface area (Å²) in [6.07, 6.45) is 26.0. The van der Waals surface area contributed by atoms with Crippen LogP contribution in [0.3, 0.4) is 0 Å². The second-order valence-electron chi connectivity index (χ2n) is 5.49. The predicted octanol–water partition coefficient (Wildman–Crippen LogP) is 6.11. The summed E-state index contributed by atoms with van der Waals surface area (Å²) in [7, 11) is 0. The second-order valence-corrected chi connectivity index (χ2v) is 5.49. The summed E-state index contributed by atoms with van der Waals surface area (Å²) < 4.78 is 0. The molecule has 19 heavy (non-hydrogen) atoms. The third kappa shape index (κ3) is 17.3. The first-order chi connectivity index (χ1) is 9.41. The van der Waals surface area contributed by atoms with Crippen LogP contribution >= 0.6 is 0 Å². The first kappa shape index (κ1) is 18.3. The molecule has 0 aromatic rings. The topological polar surface area (TPSA) is 26.0 Å². The Morgan fingerprint density at radius 1 is 0.632 bits per heavy atom. The first-order valence-corrected chi connectivity index (χ1v) is 8.45. The van der Waals surface area contributed by atoms with Crippen molar-refractivity contribution in [2.45, 2.75) is 90.4 Å². The number of rotatable bonds is 14. The van der Waals surface area contributed by atoms with Crippen molar-refractivity contribution in [1.82, 2.24) is 0 Å². The van der Waals surface area contributed by atoms with Gasteiger partial charge in [0.1, 0.15) is 0 Å². The van der Waals surface area contributed by atoms with E-state index in [2.05, 4.69) is 13.0 Å². The largest absolute Gasteiger partial charge is 0.405 e. The van der Waals surface area contributed by atoms with E-state index in [-0.39, 0.29) is 0 Å². The molecule has 0 aromatic heterocycles. The Kier molecular flexibility index (Phi) is 16.6. The fraction of sp³-hybridized carbons (Fsp3) is 0.778. The molecule has 1 nitrogen and oxygen atoms in total. The maximum Gasteiger partial charge on any atom is -0.00625 e. The lowest BCUT2D eigenvalue weighted by Gasteiger charge is -2.02. The van der Waals surface area contributed by atoms with Crippen LogP contribution in [0.25, 0.3) is 0 Å². The summed E-state index contributed by atoms with van der Waals surface area (Å²) in [4.78, 5) is 0. The minimum absolute atomic E-state index is 1.20. The van der Waals surface area contributed by atoms with Crippen molar-refractivity contribution in [2.24, 2.45) is 5.73 Å². The molecule has 1 heteroatoms. The van der Waals surface area contributed by atoms with E-state index in [9.17, 15) is 0 Å². The molecule has 0 aromatic carbocycles. The first-order valence-electron chi connectivity index (χ1n) is 8.45. The molecule has 0 atom stereocenters. The van der Waals surface area contributed by atoms with E-state index in [0.29, 0.717) is 0 Å². The summed E-state index contributed by atoms with van der Waals surface area (Å²) in [5, 5.41) is 0. The van der Waals surface area contributed by atoms with Crippen molar-refractivity contribution in [3.05, 3.63) is 24.4 Å². The van der Waals surface area contributed by atoms with Gasteiger partial charge in [0, 0.05) is 0 Å². The van der Waals surface area contributed by atoms with E-state index in [4.69, 9.17) is 5.73 Å². The number of allylic oxidation sites excluding steroid dienone is 3. The maximum absolute atomic E-state index is 5.25. The molecule has 0 heterocycles. The summed E-state index contributed by atoms with van der Waals surface area (Å²) in [5.74, 6) is 0. The van der Waals surface area contributed by atoms with Crippen LogP contribution in [0, 0.1) is 0 Å². The summed E-state index contributed by atoms with van der Waals surface area (Å²) in [5.41, 5.74) is 5.25. The van der Waals surface area contributed by atoms with Crippen molar-refractivity contribution < 1.29 is 0 Å². The Morgan fingerprint density at radius 2 is 1.11 bits per heavy atom. The Hall–Kier alpha value is -0.720. The van der Waals surface area contributed by atoms with Gasteiger partial charge in [0.15, 0.2) is 0 Å². The lowest BCUT2D eigenvalue weighted by molar-refractivity contribution is 0.545. The molecule has 0 saturated carbocycles. The molecule has 0 spiro atoms. The molecular formula is C18H35N. The third-order valence-corrected chi connectivity index (χ3v) is 3.58. The molecule has 0 saturated heterocycles. The molecule has 0 aliphatic carbocycles. The molecule has 0 fully saturated rings. The van der Waals surface area contributed by atoms with E-state index in [1.54, 1.807) is 6.20 Å². The van der Waals surface area contributed by atoms with Gasteiger partial charge in [-0.1, -0.05) is 89.7 Å². The van der Waals surface area contributed by atoms with Gasteiger partial charge in [-0.05, 0) is 25.1 Å². The maximum atomic E-state index is 5.25. The Morgan fingerprint density at radius 3 is 1.58 bits per heavy atom. The van der Waals surface area contributed by atoms with Crippen LogP contribution in [-0.4, -0.2) is 0 Å². The van der Waals surface area contributed by atoms with Crippen molar-refractivity contribution >= 4 is 0 Å². The fourth-order valence-electron chi connectivity index (χ4n) is 2.34. The van der Waals surface area contributed by atoms with E-state index in [1.165, 1.54) is 83.5 Å². The van der Waals surface area contributed by atoms with Crippen LogP contribution < -0.4 is 5.73 Å². The van der Waals surface area contributed by atoms with Crippen molar-refractivity contribution in [1.29, 1.82) is 0 Å². The van der Waals surface area contributed by atoms with Gasteiger partial charge in [0.2, 0.25) is 0 Å². The van der Waals surface area contributed by atoms with Gasteiger partial charge in [-0.3, -0.25) is 0 Å². The van der Waals surface area contributed by atoms with E-state index >= 15 is 0 Å². The van der Waals surface area contributed by atoms with Gasteiger partial charge in [0.05, 0.1) is 0 Å². The quantitative estimate of drug-likeness (QED) is 0.298. The average Bonchev–Trinajstić information content (AvgIpc) is 2.43. The monoisotopic (exact) mass is 265 g/mol. The highest BCUT2D eigenvalue weighted by Crippen LogP contribution is 2.12. The molecular weight excluding hydrogens is 230 g/mol. The standard InChI is InChI=1S/C18H35N/c1-2-3-4-5-6-7-8-9-10-11-12-13-14-15-16-17-18-19/h15-18H,2-14,19H2,1H3/b16-15+,18-17+. The Bertz CT molecular complexity index is 206. The van der Waals surface area contributed by atoms with Crippen LogP contribution in [0.5, 0.6) is 0 Å². The van der Waals surface area contributed by atoms with Gasteiger partial charge in [-0.15, -0.1) is 0 Å². The minimum atomic E-state index is 1.20. The molecule has 0 aliphatic heterocycles. The number of hydrogen-bond donors (Lipinski definition) is 1. The Labute approximate surface area is 121 Å². The molecule has 0 amide bonds. The van der Waals surface area contributed by atoms with Crippen LogP contribution in [0.1, 0.15) is 90.4 Å². The van der Waals surface area contributed by atoms with Crippen LogP contribution in [0.4, 0.5) is 0 Å². The van der Waals surface area contributed by atoms with E-state index < -0.39 is 0 Å². The zero-order valence-corrected chi connectivity index (χ0v) is 13.1. The van der Waals surface area contributed by atoms with Gasteiger partial charge in [-0.2, -0.15) is 0 Å². The van der Waals surface area contributed by atoms with E-state index in [1.807, 2.05) is 12.2 Å². The van der Waals surface area contributed by atoms with Crippen LogP contribution in [-0.2, 0) is 0 Å². The molecule has 0 unspecified atom stereocenters. The normalized spacial score (nSPS) is 11.8. The summed E-state index contributed by atoms with van der Waals surface area (Å²) in [6, 6.07) is 0. The highest BCUT2D eigenvalue weighted by atomic mass is 14.5. The van der Waals surface area contributed by atoms with Gasteiger partial charge >= 0.3 is 0 Å². The number of nitrogens with two attached hydrogens (primary N) is 1. The molecule has 0 rings (SSSR count). The number of unbranched alkanes of at least 4 members (excludes halogenated alkanes) is 12. The van der Waals surface area contributed by atoms with Gasteiger partial charge in [-0.25, -0.2) is 0 Å². The lowest BCUT2D eigenvalue weighted by atomic mass is 10.0. The third-order valence-electron chi connectivity index (χ3n) is 3.58. The molecule has 0 radical (unpaired) electrons. The van der Waals surface area contributed by atoms with Crippen molar-refractivity contribution in [2.75, 3.05) is 0 Å². The second kappa shape index (κ2) is 17.3. The smallest absolute Gasteiger partial charge is 0.00625 e. The molecule has 0 bridgehead atoms. The lowest BCUT2D eigenvalue weighted by Crippen LogP contribution is -1.82. The van der Waals surface area contributed by atoms with E-state index in [0.717, 1.165) is 0 Å². The van der Waals surface area contributed by atoms with Crippen LogP contribution in [0.15, 0.2) is 24.4 Å². The van der Waals surface area contributed by atoms with Crippen LogP contribution in [0.2, 0.25) is 0 Å². The fourth-order valence-corrected chi connectivity index (χ4v) is 2.34. The van der Waals surface area contributed by atoms with Crippen molar-refractivity contribution in [3.8, 4) is 0 Å². The molecule has 112 valence electrons. The number of hydrogen-bond acceptors (Lipinski definition) is 1. The molecule has 2 N–H and O–H groups in total. The highest BCUT2D eigenvalue weighted by Gasteiger charge is 1.92. The SMILES string of the molecule is CCCCCCCCCCCCCC/C=C/C=C/N. The summed E-state index contributed by atoms with van der Waals surface area (Å²) >= 11 is 0. The molecule has 0 aliphatic rings. The summed E-state index contributed by atoms with van der Waals surface area (Å²) in [6.45, 7) is 2.28. The van der Waals surface area contributed by atoms with Crippen molar-refractivity contribution in [3.63, 3.8) is 0 Å². The highest BCUT2D eigenvalue weighted by molar-refractivity contribution is 5.00. The minimum Gasteiger partial charge on any atom is -0.405 e. The van der Waals surface area contributed by atoms with Gasteiger partial charge in [0.25, 0.3) is 0 Å². The Balaban J connectivity index is 2.99. The average molecular weight is 265 g/mol. The predicted molar refractivity (Wildman–Crippen MR) is 88.2 cm³/mol. The zero-order valence-electron chi connectivity index (χ0n) is 13.1.